The van der Waals surface area contributed by atoms with Crippen LogP contribution in [0, 0.1) is 0 Å². The van der Waals surface area contributed by atoms with Gasteiger partial charge in [0.15, 0.2) is 5.12 Å². The number of hydrogen-bond acceptors (Lipinski definition) is 5. The molecule has 1 heterocycles. The minimum Gasteiger partial charge on any atom is -0.458 e. The van der Waals surface area contributed by atoms with Gasteiger partial charge in [0.2, 0.25) is 0 Å². The summed E-state index contributed by atoms with van der Waals surface area (Å²) in [7, 11) is 0. The SMILES string of the molecule is CC(=O)SCC(O)C(O)c1ccc(-c2ccc(Cl)cc2)o1. The standard InChI is InChI=1S/C15H15ClO4S/c1-9(17)21-8-12(18)15(19)14-7-6-13(20-14)10-2-4-11(16)5-3-10/h2-7,12,15,18-19H,8H2,1H3. The maximum Gasteiger partial charge on any atom is 0.185 e. The van der Waals surface area contributed by atoms with Crippen LogP contribution >= 0.6 is 23.4 Å². The van der Waals surface area contributed by atoms with Crippen molar-refractivity contribution in [2.45, 2.75) is 19.1 Å². The normalized spacial score (nSPS) is 13.9. The van der Waals surface area contributed by atoms with Crippen molar-refractivity contribution in [1.29, 1.82) is 0 Å². The molecule has 0 aliphatic carbocycles. The zero-order valence-electron chi connectivity index (χ0n) is 11.3. The first kappa shape index (κ1) is 16.1. The summed E-state index contributed by atoms with van der Waals surface area (Å²) >= 11 is 6.79. The molecule has 2 unspecified atom stereocenters. The third kappa shape index (κ3) is 4.35. The van der Waals surface area contributed by atoms with Gasteiger partial charge in [-0.2, -0.15) is 0 Å². The lowest BCUT2D eigenvalue weighted by atomic mass is 10.1. The summed E-state index contributed by atoms with van der Waals surface area (Å²) in [4.78, 5) is 10.9. The van der Waals surface area contributed by atoms with E-state index in [0.29, 0.717) is 10.8 Å². The number of rotatable bonds is 5. The molecule has 2 aromatic rings. The van der Waals surface area contributed by atoms with Crippen molar-refractivity contribution in [3.05, 3.63) is 47.2 Å². The van der Waals surface area contributed by atoms with E-state index in [1.54, 1.807) is 36.4 Å². The largest absolute Gasteiger partial charge is 0.458 e. The number of aliphatic hydroxyl groups is 2. The Morgan fingerprint density at radius 2 is 1.90 bits per heavy atom. The van der Waals surface area contributed by atoms with Crippen molar-refractivity contribution in [2.75, 3.05) is 5.75 Å². The molecule has 0 fully saturated rings. The molecule has 112 valence electrons. The molecule has 6 heteroatoms. The van der Waals surface area contributed by atoms with E-state index in [4.69, 9.17) is 16.0 Å². The van der Waals surface area contributed by atoms with E-state index in [2.05, 4.69) is 0 Å². The van der Waals surface area contributed by atoms with E-state index in [1.807, 2.05) is 0 Å². The van der Waals surface area contributed by atoms with Crippen molar-refractivity contribution in [1.82, 2.24) is 0 Å². The molecule has 2 N–H and O–H groups in total. The first-order valence-corrected chi connectivity index (χ1v) is 7.69. The Morgan fingerprint density at radius 1 is 1.24 bits per heavy atom. The van der Waals surface area contributed by atoms with Gasteiger partial charge in [-0.05, 0) is 36.4 Å². The third-order valence-electron chi connectivity index (χ3n) is 2.87. The molecule has 21 heavy (non-hydrogen) atoms. The highest BCUT2D eigenvalue weighted by Gasteiger charge is 2.22. The molecule has 0 aliphatic heterocycles. The van der Waals surface area contributed by atoms with Crippen molar-refractivity contribution >= 4 is 28.5 Å². The van der Waals surface area contributed by atoms with Crippen LogP contribution in [-0.2, 0) is 4.79 Å². The van der Waals surface area contributed by atoms with Crippen LogP contribution in [0.25, 0.3) is 11.3 Å². The average molecular weight is 327 g/mol. The molecule has 1 aromatic heterocycles. The van der Waals surface area contributed by atoms with Gasteiger partial charge in [0.25, 0.3) is 0 Å². The Bertz CT molecular complexity index is 608. The number of benzene rings is 1. The van der Waals surface area contributed by atoms with Crippen LogP contribution in [0.3, 0.4) is 0 Å². The Hall–Kier alpha value is -1.27. The van der Waals surface area contributed by atoms with Gasteiger partial charge in [-0.25, -0.2) is 0 Å². The van der Waals surface area contributed by atoms with Gasteiger partial charge in [-0.15, -0.1) is 0 Å². The predicted molar refractivity (Wildman–Crippen MR) is 83.3 cm³/mol. The van der Waals surface area contributed by atoms with E-state index in [1.165, 1.54) is 6.92 Å². The second kappa shape index (κ2) is 7.13. The highest BCUT2D eigenvalue weighted by atomic mass is 35.5. The number of furan rings is 1. The predicted octanol–water partition coefficient (Wildman–Crippen LogP) is 3.27. The maximum absolute atomic E-state index is 10.9. The number of thioether (sulfide) groups is 1. The Labute approximate surface area is 131 Å². The highest BCUT2D eigenvalue weighted by Crippen LogP contribution is 2.28. The molecule has 0 bridgehead atoms. The Balaban J connectivity index is 2.08. The number of carbonyl (C=O) groups is 1. The average Bonchev–Trinajstić information content (AvgIpc) is 2.94. The van der Waals surface area contributed by atoms with Crippen LogP contribution in [0.5, 0.6) is 0 Å². The lowest BCUT2D eigenvalue weighted by Crippen LogP contribution is -2.20. The van der Waals surface area contributed by atoms with Crippen LogP contribution < -0.4 is 0 Å². The fourth-order valence-corrected chi connectivity index (χ4v) is 2.48. The van der Waals surface area contributed by atoms with Gasteiger partial charge in [0, 0.05) is 23.3 Å². The summed E-state index contributed by atoms with van der Waals surface area (Å²) in [5.74, 6) is 0.955. The molecule has 0 saturated carbocycles. The third-order valence-corrected chi connectivity index (χ3v) is 4.04. The molecule has 2 rings (SSSR count). The lowest BCUT2D eigenvalue weighted by molar-refractivity contribution is -0.109. The lowest BCUT2D eigenvalue weighted by Gasteiger charge is -2.14. The number of carbonyl (C=O) groups excluding carboxylic acids is 1. The fourth-order valence-electron chi connectivity index (χ4n) is 1.76. The smallest absolute Gasteiger partial charge is 0.185 e. The first-order chi connectivity index (χ1) is 9.97. The van der Waals surface area contributed by atoms with Gasteiger partial charge in [-0.3, -0.25) is 4.79 Å². The molecular formula is C15H15ClO4S. The molecule has 2 atom stereocenters. The summed E-state index contributed by atoms with van der Waals surface area (Å²) in [6.45, 7) is 1.41. The van der Waals surface area contributed by atoms with Crippen LogP contribution in [0.2, 0.25) is 5.02 Å². The molecule has 4 nitrogen and oxygen atoms in total. The van der Waals surface area contributed by atoms with Crippen LogP contribution in [0.15, 0.2) is 40.8 Å². The summed E-state index contributed by atoms with van der Waals surface area (Å²) < 4.78 is 5.55. The van der Waals surface area contributed by atoms with Gasteiger partial charge < -0.3 is 14.6 Å². The van der Waals surface area contributed by atoms with E-state index >= 15 is 0 Å². The molecule has 0 spiro atoms. The topological polar surface area (TPSA) is 70.7 Å². The number of halogens is 1. The highest BCUT2D eigenvalue weighted by molar-refractivity contribution is 8.13. The van der Waals surface area contributed by atoms with Gasteiger partial charge in [0.1, 0.15) is 17.6 Å². The summed E-state index contributed by atoms with van der Waals surface area (Å²) in [6.07, 6.45) is -2.24. The summed E-state index contributed by atoms with van der Waals surface area (Å²) in [6, 6.07) is 10.4. The monoisotopic (exact) mass is 326 g/mol. The Morgan fingerprint density at radius 3 is 2.52 bits per heavy atom. The summed E-state index contributed by atoms with van der Waals surface area (Å²) in [5.41, 5.74) is 0.824. The van der Waals surface area contributed by atoms with Gasteiger partial charge in [-0.1, -0.05) is 23.4 Å². The fraction of sp³-hybridized carbons (Fsp3) is 0.267. The molecule has 0 aliphatic rings. The minimum atomic E-state index is -1.17. The molecular weight excluding hydrogens is 312 g/mol. The van der Waals surface area contributed by atoms with E-state index in [9.17, 15) is 15.0 Å². The second-order valence-electron chi connectivity index (χ2n) is 4.52. The zero-order chi connectivity index (χ0) is 15.4. The van der Waals surface area contributed by atoms with Crippen LogP contribution in [0.1, 0.15) is 18.8 Å². The van der Waals surface area contributed by atoms with Crippen molar-refractivity contribution in [3.63, 3.8) is 0 Å². The second-order valence-corrected chi connectivity index (χ2v) is 6.16. The van der Waals surface area contributed by atoms with E-state index < -0.39 is 12.2 Å². The number of hydrogen-bond donors (Lipinski definition) is 2. The van der Waals surface area contributed by atoms with Crippen LogP contribution in [0.4, 0.5) is 0 Å². The van der Waals surface area contributed by atoms with Crippen molar-refractivity contribution in [3.8, 4) is 11.3 Å². The quantitative estimate of drug-likeness (QED) is 0.882. The molecule has 1 aromatic carbocycles. The van der Waals surface area contributed by atoms with E-state index in [0.717, 1.165) is 17.3 Å². The van der Waals surface area contributed by atoms with Gasteiger partial charge >= 0.3 is 0 Å². The van der Waals surface area contributed by atoms with Crippen LogP contribution in [-0.4, -0.2) is 27.2 Å². The minimum absolute atomic E-state index is 0.109. The Kier molecular flexibility index (Phi) is 5.47. The number of aliphatic hydroxyl groups excluding tert-OH is 2. The first-order valence-electron chi connectivity index (χ1n) is 6.32. The zero-order valence-corrected chi connectivity index (χ0v) is 12.9. The molecule has 0 radical (unpaired) electrons. The maximum atomic E-state index is 10.9. The molecule has 0 amide bonds. The van der Waals surface area contributed by atoms with Crippen molar-refractivity contribution in [2.24, 2.45) is 0 Å². The van der Waals surface area contributed by atoms with Gasteiger partial charge in [0.05, 0.1) is 6.10 Å². The van der Waals surface area contributed by atoms with E-state index in [-0.39, 0.29) is 16.6 Å². The summed E-state index contributed by atoms with van der Waals surface area (Å²) in [5, 5.41) is 20.4. The molecule has 0 saturated heterocycles. The van der Waals surface area contributed by atoms with Crippen molar-refractivity contribution < 1.29 is 19.4 Å².